The second kappa shape index (κ2) is 4.85. The molecule has 2 aromatic rings. The molecular formula is C8H6Br3N3OS. The van der Waals surface area contributed by atoms with E-state index in [9.17, 15) is 5.11 Å². The van der Waals surface area contributed by atoms with Gasteiger partial charge in [0.15, 0.2) is 4.60 Å². The van der Waals surface area contributed by atoms with E-state index in [0.717, 1.165) is 13.1 Å². The van der Waals surface area contributed by atoms with Gasteiger partial charge in [0.05, 0.1) is 3.79 Å². The zero-order chi connectivity index (χ0) is 11.9. The SMILES string of the molecule is Cn1nnc(Br)c1C(O)c1cc(Br)c(Br)s1. The summed E-state index contributed by atoms with van der Waals surface area (Å²) in [6.45, 7) is 0. The van der Waals surface area contributed by atoms with Crippen molar-refractivity contribution in [1.29, 1.82) is 0 Å². The lowest BCUT2D eigenvalue weighted by molar-refractivity contribution is 0.212. The predicted molar refractivity (Wildman–Crippen MR) is 72.5 cm³/mol. The third-order valence-electron chi connectivity index (χ3n) is 2.02. The van der Waals surface area contributed by atoms with Crippen molar-refractivity contribution in [3.05, 3.63) is 29.5 Å². The molecule has 8 heteroatoms. The van der Waals surface area contributed by atoms with Gasteiger partial charge in [0.2, 0.25) is 0 Å². The Labute approximate surface area is 121 Å². The van der Waals surface area contributed by atoms with Crippen molar-refractivity contribution < 1.29 is 5.11 Å². The Bertz CT molecular complexity index is 486. The largest absolute Gasteiger partial charge is 0.381 e. The normalized spacial score (nSPS) is 13.1. The van der Waals surface area contributed by atoms with Crippen LogP contribution >= 0.6 is 59.1 Å². The molecule has 2 aromatic heterocycles. The lowest BCUT2D eigenvalue weighted by Gasteiger charge is -2.08. The molecule has 0 aliphatic heterocycles. The zero-order valence-corrected chi connectivity index (χ0v) is 13.6. The van der Waals surface area contributed by atoms with Crippen LogP contribution in [-0.4, -0.2) is 20.1 Å². The minimum atomic E-state index is -0.734. The molecule has 4 nitrogen and oxygen atoms in total. The minimum Gasteiger partial charge on any atom is -0.381 e. The molecule has 1 unspecified atom stereocenters. The Morgan fingerprint density at radius 1 is 1.44 bits per heavy atom. The first-order valence-corrected chi connectivity index (χ1v) is 7.38. The Morgan fingerprint density at radius 2 is 2.12 bits per heavy atom. The highest BCUT2D eigenvalue weighted by Crippen LogP contribution is 2.38. The predicted octanol–water partition coefficient (Wildman–Crippen LogP) is 3.25. The summed E-state index contributed by atoms with van der Waals surface area (Å²) in [5, 5.41) is 17.9. The number of hydrogen-bond donors (Lipinski definition) is 1. The number of aliphatic hydroxyl groups is 1. The third-order valence-corrected chi connectivity index (χ3v) is 5.89. The Morgan fingerprint density at radius 3 is 2.56 bits per heavy atom. The van der Waals surface area contributed by atoms with E-state index in [1.807, 2.05) is 6.07 Å². The van der Waals surface area contributed by atoms with E-state index in [1.54, 1.807) is 11.7 Å². The van der Waals surface area contributed by atoms with Gasteiger partial charge in [0.1, 0.15) is 11.8 Å². The van der Waals surface area contributed by atoms with Gasteiger partial charge < -0.3 is 5.11 Å². The molecule has 0 aliphatic carbocycles. The van der Waals surface area contributed by atoms with Gasteiger partial charge in [-0.05, 0) is 53.9 Å². The van der Waals surface area contributed by atoms with Gasteiger partial charge in [0.25, 0.3) is 0 Å². The lowest BCUT2D eigenvalue weighted by Crippen LogP contribution is -2.05. The maximum atomic E-state index is 10.2. The average Bonchev–Trinajstić information content (AvgIpc) is 2.72. The highest BCUT2D eigenvalue weighted by molar-refractivity contribution is 9.13. The van der Waals surface area contributed by atoms with Gasteiger partial charge in [0, 0.05) is 16.4 Å². The maximum Gasteiger partial charge on any atom is 0.154 e. The van der Waals surface area contributed by atoms with E-state index in [2.05, 4.69) is 58.1 Å². The number of aryl methyl sites for hydroxylation is 1. The average molecular weight is 432 g/mol. The van der Waals surface area contributed by atoms with Gasteiger partial charge in [-0.15, -0.1) is 16.4 Å². The number of hydrogen-bond acceptors (Lipinski definition) is 4. The van der Waals surface area contributed by atoms with Crippen LogP contribution in [0.3, 0.4) is 0 Å². The summed E-state index contributed by atoms with van der Waals surface area (Å²) in [5.74, 6) is 0. The lowest BCUT2D eigenvalue weighted by atomic mass is 10.2. The van der Waals surface area contributed by atoms with Crippen LogP contribution in [0.15, 0.2) is 18.9 Å². The molecule has 0 amide bonds. The number of nitrogens with zero attached hydrogens (tertiary/aromatic N) is 3. The summed E-state index contributed by atoms with van der Waals surface area (Å²) in [4.78, 5) is 0.824. The first-order chi connectivity index (χ1) is 7.50. The van der Waals surface area contributed by atoms with E-state index in [4.69, 9.17) is 0 Å². The summed E-state index contributed by atoms with van der Waals surface area (Å²) in [7, 11) is 1.74. The molecule has 2 rings (SSSR count). The molecule has 2 heterocycles. The van der Waals surface area contributed by atoms with Crippen molar-refractivity contribution >= 4 is 59.1 Å². The summed E-state index contributed by atoms with van der Waals surface area (Å²) >= 11 is 11.5. The molecule has 1 N–H and O–H groups in total. The van der Waals surface area contributed by atoms with Crippen LogP contribution in [0.5, 0.6) is 0 Å². The van der Waals surface area contributed by atoms with E-state index < -0.39 is 6.10 Å². The zero-order valence-electron chi connectivity index (χ0n) is 7.99. The maximum absolute atomic E-state index is 10.2. The van der Waals surface area contributed by atoms with Crippen LogP contribution in [0.25, 0.3) is 0 Å². The van der Waals surface area contributed by atoms with Crippen molar-refractivity contribution in [2.75, 3.05) is 0 Å². The molecule has 0 aliphatic rings. The van der Waals surface area contributed by atoms with E-state index in [-0.39, 0.29) is 0 Å². The van der Waals surface area contributed by atoms with Crippen molar-refractivity contribution in [2.45, 2.75) is 6.10 Å². The summed E-state index contributed by atoms with van der Waals surface area (Å²) in [5.41, 5.74) is 0.640. The fraction of sp³-hybridized carbons (Fsp3) is 0.250. The molecule has 0 bridgehead atoms. The molecule has 0 radical (unpaired) electrons. The topological polar surface area (TPSA) is 50.9 Å². The number of rotatable bonds is 2. The van der Waals surface area contributed by atoms with Gasteiger partial charge in [-0.2, -0.15) is 0 Å². The molecule has 0 saturated heterocycles. The first-order valence-electron chi connectivity index (χ1n) is 4.18. The number of thiophene rings is 1. The van der Waals surface area contributed by atoms with Crippen molar-refractivity contribution in [2.24, 2.45) is 7.05 Å². The van der Waals surface area contributed by atoms with Crippen LogP contribution in [0.4, 0.5) is 0 Å². The highest BCUT2D eigenvalue weighted by atomic mass is 79.9. The van der Waals surface area contributed by atoms with E-state index in [0.29, 0.717) is 10.3 Å². The molecule has 16 heavy (non-hydrogen) atoms. The van der Waals surface area contributed by atoms with E-state index >= 15 is 0 Å². The highest BCUT2D eigenvalue weighted by Gasteiger charge is 2.22. The second-order valence-electron chi connectivity index (χ2n) is 3.06. The first kappa shape index (κ1) is 12.7. The third kappa shape index (κ3) is 2.26. The number of aliphatic hydroxyl groups excluding tert-OH is 1. The second-order valence-corrected chi connectivity index (χ2v) is 7.07. The Kier molecular flexibility index (Phi) is 3.85. The molecular weight excluding hydrogens is 426 g/mol. The summed E-state index contributed by atoms with van der Waals surface area (Å²) < 4.78 is 3.99. The Balaban J connectivity index is 2.42. The summed E-state index contributed by atoms with van der Waals surface area (Å²) in [6.07, 6.45) is -0.734. The standard InChI is InChI=1S/C8H6Br3N3OS/c1-14-5(7(10)12-13-14)6(15)4-2-3(9)8(11)16-4/h2,6,15H,1H3. The van der Waals surface area contributed by atoms with Crippen LogP contribution in [0.2, 0.25) is 0 Å². The monoisotopic (exact) mass is 429 g/mol. The summed E-state index contributed by atoms with van der Waals surface area (Å²) in [6, 6.07) is 1.87. The van der Waals surface area contributed by atoms with Crippen molar-refractivity contribution in [3.63, 3.8) is 0 Å². The van der Waals surface area contributed by atoms with Crippen molar-refractivity contribution in [3.8, 4) is 0 Å². The molecule has 0 fully saturated rings. The van der Waals surface area contributed by atoms with Crippen LogP contribution in [0.1, 0.15) is 16.7 Å². The van der Waals surface area contributed by atoms with Gasteiger partial charge in [-0.1, -0.05) is 5.21 Å². The molecule has 0 saturated carbocycles. The fourth-order valence-corrected chi connectivity index (χ4v) is 3.89. The van der Waals surface area contributed by atoms with E-state index in [1.165, 1.54) is 11.3 Å². The fourth-order valence-electron chi connectivity index (χ4n) is 1.26. The molecule has 0 aromatic carbocycles. The molecule has 1 atom stereocenters. The van der Waals surface area contributed by atoms with Crippen LogP contribution < -0.4 is 0 Å². The van der Waals surface area contributed by atoms with Crippen molar-refractivity contribution in [1.82, 2.24) is 15.0 Å². The Hall–Kier alpha value is 0.240. The minimum absolute atomic E-state index is 0.558. The molecule has 0 spiro atoms. The number of aromatic nitrogens is 3. The van der Waals surface area contributed by atoms with Crippen LogP contribution in [-0.2, 0) is 7.05 Å². The number of halogens is 3. The molecule has 86 valence electrons. The van der Waals surface area contributed by atoms with Gasteiger partial charge in [-0.25, -0.2) is 4.68 Å². The smallest absolute Gasteiger partial charge is 0.154 e. The van der Waals surface area contributed by atoms with Gasteiger partial charge in [-0.3, -0.25) is 0 Å². The van der Waals surface area contributed by atoms with Crippen LogP contribution in [0, 0.1) is 0 Å². The quantitative estimate of drug-likeness (QED) is 0.794. The van der Waals surface area contributed by atoms with Gasteiger partial charge >= 0.3 is 0 Å².